The normalized spacial score (nSPS) is 12.9. The monoisotopic (exact) mass is 226 g/mol. The van der Waals surface area contributed by atoms with Crippen molar-refractivity contribution in [3.05, 3.63) is 22.9 Å². The maximum Gasteiger partial charge on any atom is 0.328 e. The van der Waals surface area contributed by atoms with E-state index in [-0.39, 0.29) is 11.8 Å². The molecule has 1 rings (SSSR count). The summed E-state index contributed by atoms with van der Waals surface area (Å²) in [6.07, 6.45) is 7.16. The zero-order valence-electron chi connectivity index (χ0n) is 10.2. The maximum absolute atomic E-state index is 11.8. The number of aryl methyl sites for hydroxylation is 2. The second kappa shape index (κ2) is 6.53. The van der Waals surface area contributed by atoms with E-state index >= 15 is 0 Å². The number of unbranched alkanes of at least 4 members (excludes halogenated alkanes) is 1. The van der Waals surface area contributed by atoms with Gasteiger partial charge in [-0.15, -0.1) is 0 Å². The van der Waals surface area contributed by atoms with Crippen molar-refractivity contribution in [3.63, 3.8) is 0 Å². The van der Waals surface area contributed by atoms with E-state index in [1.54, 1.807) is 16.1 Å². The Morgan fingerprint density at radius 1 is 1.25 bits per heavy atom. The minimum Gasteiger partial charge on any atom is -0.393 e. The molecule has 1 atom stereocenters. The molecular formula is C12H22N2O2. The van der Waals surface area contributed by atoms with E-state index in [1.807, 2.05) is 12.4 Å². The molecule has 1 heterocycles. The van der Waals surface area contributed by atoms with Crippen molar-refractivity contribution in [2.24, 2.45) is 0 Å². The summed E-state index contributed by atoms with van der Waals surface area (Å²) in [6.45, 7) is 5.40. The molecule has 92 valence electrons. The molecule has 0 saturated heterocycles. The summed E-state index contributed by atoms with van der Waals surface area (Å²) in [7, 11) is 0. The van der Waals surface area contributed by atoms with Gasteiger partial charge in [0.2, 0.25) is 0 Å². The van der Waals surface area contributed by atoms with Gasteiger partial charge in [0.05, 0.1) is 6.10 Å². The van der Waals surface area contributed by atoms with Crippen molar-refractivity contribution in [1.29, 1.82) is 0 Å². The molecule has 0 fully saturated rings. The second-order valence-corrected chi connectivity index (χ2v) is 4.31. The number of aliphatic hydroxyl groups is 1. The van der Waals surface area contributed by atoms with Gasteiger partial charge in [-0.3, -0.25) is 9.13 Å². The van der Waals surface area contributed by atoms with Crippen molar-refractivity contribution < 1.29 is 5.11 Å². The molecule has 4 heteroatoms. The number of aromatic nitrogens is 2. The first-order valence-electron chi connectivity index (χ1n) is 6.08. The van der Waals surface area contributed by atoms with Crippen LogP contribution < -0.4 is 5.69 Å². The van der Waals surface area contributed by atoms with Gasteiger partial charge in [-0.25, -0.2) is 4.79 Å². The average molecular weight is 226 g/mol. The Hall–Kier alpha value is -1.03. The number of hydrogen-bond acceptors (Lipinski definition) is 2. The first kappa shape index (κ1) is 13.0. The van der Waals surface area contributed by atoms with Crippen molar-refractivity contribution in [2.45, 2.75) is 58.7 Å². The van der Waals surface area contributed by atoms with Gasteiger partial charge in [0.25, 0.3) is 0 Å². The number of imidazole rings is 1. The van der Waals surface area contributed by atoms with Crippen LogP contribution in [0.3, 0.4) is 0 Å². The van der Waals surface area contributed by atoms with Crippen LogP contribution in [-0.2, 0) is 13.1 Å². The summed E-state index contributed by atoms with van der Waals surface area (Å²) >= 11 is 0. The number of nitrogens with zero attached hydrogens (tertiary/aromatic N) is 2. The highest BCUT2D eigenvalue weighted by Crippen LogP contribution is 2.01. The summed E-state index contributed by atoms with van der Waals surface area (Å²) in [5.41, 5.74) is 0.0823. The van der Waals surface area contributed by atoms with Crippen molar-refractivity contribution in [2.75, 3.05) is 0 Å². The van der Waals surface area contributed by atoms with Gasteiger partial charge in [-0.1, -0.05) is 6.92 Å². The average Bonchev–Trinajstić information content (AvgIpc) is 2.57. The van der Waals surface area contributed by atoms with Crippen LogP contribution in [0, 0.1) is 0 Å². The second-order valence-electron chi connectivity index (χ2n) is 4.31. The fourth-order valence-electron chi connectivity index (χ4n) is 1.76. The van der Waals surface area contributed by atoms with Crippen LogP contribution in [0.5, 0.6) is 0 Å². The molecule has 0 amide bonds. The Morgan fingerprint density at radius 2 is 1.88 bits per heavy atom. The van der Waals surface area contributed by atoms with Crippen molar-refractivity contribution in [3.8, 4) is 0 Å². The van der Waals surface area contributed by atoms with Crippen LogP contribution in [-0.4, -0.2) is 20.3 Å². The summed E-state index contributed by atoms with van der Waals surface area (Å²) < 4.78 is 3.49. The fourth-order valence-corrected chi connectivity index (χ4v) is 1.76. The van der Waals surface area contributed by atoms with E-state index in [9.17, 15) is 4.79 Å². The summed E-state index contributed by atoms with van der Waals surface area (Å²) in [6, 6.07) is 0. The molecule has 0 aliphatic heterocycles. The lowest BCUT2D eigenvalue weighted by Gasteiger charge is -2.04. The predicted molar refractivity (Wildman–Crippen MR) is 64.5 cm³/mol. The third-order valence-corrected chi connectivity index (χ3v) is 2.65. The number of hydrogen-bond donors (Lipinski definition) is 1. The molecule has 1 N–H and O–H groups in total. The van der Waals surface area contributed by atoms with Gasteiger partial charge in [0, 0.05) is 25.5 Å². The summed E-state index contributed by atoms with van der Waals surface area (Å²) in [4.78, 5) is 11.8. The lowest BCUT2D eigenvalue weighted by Crippen LogP contribution is -2.24. The zero-order chi connectivity index (χ0) is 12.0. The Bertz CT molecular complexity index is 352. The van der Waals surface area contributed by atoms with E-state index in [4.69, 9.17) is 5.11 Å². The first-order valence-corrected chi connectivity index (χ1v) is 6.08. The Morgan fingerprint density at radius 3 is 2.44 bits per heavy atom. The van der Waals surface area contributed by atoms with Crippen LogP contribution in [0.2, 0.25) is 0 Å². The molecular weight excluding hydrogens is 204 g/mol. The minimum atomic E-state index is -0.235. The number of aliphatic hydroxyl groups excluding tert-OH is 1. The fraction of sp³-hybridized carbons (Fsp3) is 0.750. The van der Waals surface area contributed by atoms with Gasteiger partial charge in [-0.2, -0.15) is 0 Å². The lowest BCUT2D eigenvalue weighted by molar-refractivity contribution is 0.180. The van der Waals surface area contributed by atoms with E-state index in [2.05, 4.69) is 6.92 Å². The molecule has 0 saturated carbocycles. The molecule has 1 aromatic rings. The van der Waals surface area contributed by atoms with E-state index in [1.165, 1.54) is 0 Å². The quantitative estimate of drug-likeness (QED) is 0.718. The zero-order valence-corrected chi connectivity index (χ0v) is 10.2. The van der Waals surface area contributed by atoms with Crippen LogP contribution >= 0.6 is 0 Å². The molecule has 0 radical (unpaired) electrons. The molecule has 1 unspecified atom stereocenters. The lowest BCUT2D eigenvalue weighted by atomic mass is 10.2. The van der Waals surface area contributed by atoms with Crippen molar-refractivity contribution >= 4 is 0 Å². The summed E-state index contributed by atoms with van der Waals surface area (Å²) in [5.74, 6) is 0. The topological polar surface area (TPSA) is 47.2 Å². The Kier molecular flexibility index (Phi) is 5.32. The SMILES string of the molecule is CCCn1ccn(CCCCC(C)O)c1=O. The predicted octanol–water partition coefficient (Wildman–Crippen LogP) is 1.61. The molecule has 0 spiro atoms. The van der Waals surface area contributed by atoms with E-state index < -0.39 is 0 Å². The molecule has 0 bridgehead atoms. The third-order valence-electron chi connectivity index (χ3n) is 2.65. The van der Waals surface area contributed by atoms with E-state index in [0.29, 0.717) is 0 Å². The molecule has 0 aliphatic carbocycles. The van der Waals surface area contributed by atoms with Crippen LogP contribution in [0.25, 0.3) is 0 Å². The maximum atomic E-state index is 11.8. The van der Waals surface area contributed by atoms with Gasteiger partial charge < -0.3 is 5.11 Å². The number of rotatable bonds is 7. The standard InChI is InChI=1S/C12H22N2O2/c1-3-7-13-9-10-14(12(13)16)8-5-4-6-11(2)15/h9-11,15H,3-8H2,1-2H3. The highest BCUT2D eigenvalue weighted by molar-refractivity contribution is 4.81. The molecule has 1 aromatic heterocycles. The van der Waals surface area contributed by atoms with Crippen molar-refractivity contribution in [1.82, 2.24) is 9.13 Å². The highest BCUT2D eigenvalue weighted by atomic mass is 16.3. The van der Waals surface area contributed by atoms with Crippen LogP contribution in [0.15, 0.2) is 17.2 Å². The van der Waals surface area contributed by atoms with Gasteiger partial charge in [-0.05, 0) is 32.6 Å². The van der Waals surface area contributed by atoms with E-state index in [0.717, 1.165) is 38.8 Å². The van der Waals surface area contributed by atoms with Crippen LogP contribution in [0.1, 0.15) is 39.5 Å². The van der Waals surface area contributed by atoms with Crippen LogP contribution in [0.4, 0.5) is 0 Å². The third kappa shape index (κ3) is 3.85. The smallest absolute Gasteiger partial charge is 0.328 e. The molecule has 0 aliphatic rings. The molecule has 0 aromatic carbocycles. The Balaban J connectivity index is 2.40. The Labute approximate surface area is 96.5 Å². The summed E-state index contributed by atoms with van der Waals surface area (Å²) in [5, 5.41) is 9.11. The minimum absolute atomic E-state index is 0.0823. The van der Waals surface area contributed by atoms with Gasteiger partial charge in [0.15, 0.2) is 0 Å². The molecule has 16 heavy (non-hydrogen) atoms. The first-order chi connectivity index (χ1) is 7.65. The largest absolute Gasteiger partial charge is 0.393 e. The van der Waals surface area contributed by atoms with Gasteiger partial charge >= 0.3 is 5.69 Å². The molecule has 4 nitrogen and oxygen atoms in total. The van der Waals surface area contributed by atoms with Gasteiger partial charge in [0.1, 0.15) is 0 Å². The highest BCUT2D eigenvalue weighted by Gasteiger charge is 2.02.